The Morgan fingerprint density at radius 2 is 2.33 bits per heavy atom. The maximum atomic E-state index is 4.38. The van der Waals surface area contributed by atoms with E-state index in [0.717, 1.165) is 23.3 Å². The van der Waals surface area contributed by atoms with Crippen molar-refractivity contribution in [1.82, 2.24) is 0 Å². The minimum absolute atomic E-state index is 0.773. The Morgan fingerprint density at radius 3 is 2.94 bits per heavy atom. The lowest BCUT2D eigenvalue weighted by molar-refractivity contribution is 1.35. The summed E-state index contributed by atoms with van der Waals surface area (Å²) < 4.78 is 0. The van der Waals surface area contributed by atoms with E-state index >= 15 is 0 Å². The third-order valence-electron chi connectivity index (χ3n) is 2.16. The molecule has 0 aliphatic carbocycles. The molecule has 92 valence electrons. The van der Waals surface area contributed by atoms with Crippen molar-refractivity contribution < 1.29 is 0 Å². The molecule has 0 aliphatic heterocycles. The summed E-state index contributed by atoms with van der Waals surface area (Å²) in [5.74, 6) is 5.76. The molecule has 0 saturated carbocycles. The van der Waals surface area contributed by atoms with Gasteiger partial charge in [-0.1, -0.05) is 18.6 Å². The van der Waals surface area contributed by atoms with Crippen molar-refractivity contribution in [2.45, 2.75) is 20.3 Å². The summed E-state index contributed by atoms with van der Waals surface area (Å²) >= 11 is 1.72. The molecular weight excluding hydrogens is 238 g/mol. The van der Waals surface area contributed by atoms with Crippen LogP contribution in [0.4, 0.5) is 0 Å². The molecule has 0 saturated heterocycles. The zero-order valence-corrected chi connectivity index (χ0v) is 11.7. The van der Waals surface area contributed by atoms with Crippen LogP contribution in [0, 0.1) is 11.8 Å². The lowest BCUT2D eigenvalue weighted by atomic mass is 10.1. The van der Waals surface area contributed by atoms with Crippen LogP contribution < -0.4 is 0 Å². The first-order chi connectivity index (χ1) is 8.71. The molecule has 0 aromatic carbocycles. The predicted octanol–water partition coefficient (Wildman–Crippen LogP) is 4.49. The van der Waals surface area contributed by atoms with Gasteiger partial charge in [-0.2, -0.15) is 0 Å². The number of hydrogen-bond donors (Lipinski definition) is 0. The molecular formula is C16H17NS. The molecule has 1 nitrogen and oxygen atoms in total. The van der Waals surface area contributed by atoms with Gasteiger partial charge in [-0.05, 0) is 32.4 Å². The van der Waals surface area contributed by atoms with Crippen LogP contribution in [0.2, 0.25) is 0 Å². The molecule has 0 bridgehead atoms. The summed E-state index contributed by atoms with van der Waals surface area (Å²) in [6.07, 6.45) is 6.49. The van der Waals surface area contributed by atoms with Gasteiger partial charge in [0.15, 0.2) is 0 Å². The first kappa shape index (κ1) is 14.2. The van der Waals surface area contributed by atoms with E-state index in [9.17, 15) is 0 Å². The van der Waals surface area contributed by atoms with Crippen molar-refractivity contribution in [3.05, 3.63) is 52.8 Å². The molecule has 0 fully saturated rings. The average Bonchev–Trinajstić information content (AvgIpc) is 2.78. The second-order valence-electron chi connectivity index (χ2n) is 3.61. The van der Waals surface area contributed by atoms with Gasteiger partial charge in [0, 0.05) is 27.6 Å². The van der Waals surface area contributed by atoms with Gasteiger partial charge in [-0.3, -0.25) is 4.99 Å². The minimum Gasteiger partial charge on any atom is -0.261 e. The fourth-order valence-corrected chi connectivity index (χ4v) is 2.34. The molecule has 1 rings (SSSR count). The number of aliphatic imine (C=N–C) groups is 1. The summed E-state index contributed by atoms with van der Waals surface area (Å²) in [5.41, 5.74) is 2.78. The van der Waals surface area contributed by atoms with Gasteiger partial charge in [-0.25, -0.2) is 0 Å². The standard InChI is InChI=1S/C16H17NS/c1-5-8-13(4)10-16(17-7-3)14-11-15(9-6-2)18-12-14/h6-7,10-12H,2,4,9H2,1,3H3/b16-10-,17-7?. The fourth-order valence-electron chi connectivity index (χ4n) is 1.46. The van der Waals surface area contributed by atoms with Crippen molar-refractivity contribution in [3.63, 3.8) is 0 Å². The molecule has 1 aromatic rings. The maximum absolute atomic E-state index is 4.38. The van der Waals surface area contributed by atoms with Gasteiger partial charge in [-0.15, -0.1) is 23.8 Å². The van der Waals surface area contributed by atoms with E-state index in [0.29, 0.717) is 0 Å². The third kappa shape index (κ3) is 4.20. The molecule has 0 N–H and O–H groups in total. The Hall–Kier alpha value is -1.85. The molecule has 1 heterocycles. The predicted molar refractivity (Wildman–Crippen MR) is 83.0 cm³/mol. The Bertz CT molecular complexity index is 547. The van der Waals surface area contributed by atoms with E-state index in [-0.39, 0.29) is 0 Å². The van der Waals surface area contributed by atoms with Crippen molar-refractivity contribution in [2.24, 2.45) is 4.99 Å². The van der Waals surface area contributed by atoms with Crippen molar-refractivity contribution >= 4 is 23.2 Å². The largest absolute Gasteiger partial charge is 0.261 e. The molecule has 0 spiro atoms. The van der Waals surface area contributed by atoms with Gasteiger partial charge in [0.25, 0.3) is 0 Å². The summed E-state index contributed by atoms with van der Waals surface area (Å²) in [6, 6.07) is 2.14. The third-order valence-corrected chi connectivity index (χ3v) is 3.12. The highest BCUT2D eigenvalue weighted by atomic mass is 32.1. The zero-order chi connectivity index (χ0) is 13.4. The summed E-state index contributed by atoms with van der Waals surface area (Å²) in [5, 5.41) is 2.10. The zero-order valence-electron chi connectivity index (χ0n) is 10.9. The SMILES string of the molecule is C=CCc1cc(/C(=C/C(=C)C#CC)N=CC)cs1. The summed E-state index contributed by atoms with van der Waals surface area (Å²) in [4.78, 5) is 5.66. The van der Waals surface area contributed by atoms with E-state index in [4.69, 9.17) is 0 Å². The van der Waals surface area contributed by atoms with Crippen molar-refractivity contribution in [3.8, 4) is 11.8 Å². The van der Waals surface area contributed by atoms with E-state index in [2.05, 4.69) is 41.4 Å². The smallest absolute Gasteiger partial charge is 0.0718 e. The number of allylic oxidation sites excluding steroid dienone is 3. The lowest BCUT2D eigenvalue weighted by Gasteiger charge is -1.97. The highest BCUT2D eigenvalue weighted by molar-refractivity contribution is 7.10. The molecule has 0 unspecified atom stereocenters. The van der Waals surface area contributed by atoms with Crippen LogP contribution in [0.1, 0.15) is 24.3 Å². The second-order valence-corrected chi connectivity index (χ2v) is 4.61. The van der Waals surface area contributed by atoms with E-state index in [1.807, 2.05) is 19.1 Å². The number of nitrogens with zero attached hydrogens (tertiary/aromatic N) is 1. The first-order valence-corrected chi connectivity index (χ1v) is 6.60. The highest BCUT2D eigenvalue weighted by Crippen LogP contribution is 2.24. The summed E-state index contributed by atoms with van der Waals surface area (Å²) in [7, 11) is 0. The van der Waals surface area contributed by atoms with Gasteiger partial charge in [0.1, 0.15) is 0 Å². The molecule has 0 aliphatic rings. The minimum atomic E-state index is 0.773. The molecule has 2 heteroatoms. The fraction of sp³-hybridized carbons (Fsp3) is 0.188. The number of thiophene rings is 1. The second kappa shape index (κ2) is 7.47. The Kier molecular flexibility index (Phi) is 5.90. The van der Waals surface area contributed by atoms with Crippen LogP contribution in [-0.2, 0) is 6.42 Å². The van der Waals surface area contributed by atoms with Gasteiger partial charge in [0.2, 0.25) is 0 Å². The van der Waals surface area contributed by atoms with Crippen LogP contribution in [0.25, 0.3) is 5.70 Å². The highest BCUT2D eigenvalue weighted by Gasteiger charge is 2.03. The molecule has 0 amide bonds. The van der Waals surface area contributed by atoms with Crippen molar-refractivity contribution in [2.75, 3.05) is 0 Å². The van der Waals surface area contributed by atoms with E-state index in [1.54, 1.807) is 24.5 Å². The Morgan fingerprint density at radius 1 is 1.56 bits per heavy atom. The molecule has 0 atom stereocenters. The number of hydrogen-bond acceptors (Lipinski definition) is 2. The quantitative estimate of drug-likeness (QED) is 0.318. The molecule has 18 heavy (non-hydrogen) atoms. The summed E-state index contributed by atoms with van der Waals surface area (Å²) in [6.45, 7) is 11.3. The van der Waals surface area contributed by atoms with E-state index in [1.165, 1.54) is 4.88 Å². The Balaban J connectivity index is 3.06. The Labute approximate surface area is 113 Å². The average molecular weight is 255 g/mol. The van der Waals surface area contributed by atoms with Crippen LogP contribution in [0.15, 0.2) is 47.3 Å². The van der Waals surface area contributed by atoms with Crippen LogP contribution in [0.5, 0.6) is 0 Å². The maximum Gasteiger partial charge on any atom is 0.0718 e. The lowest BCUT2D eigenvalue weighted by Crippen LogP contribution is -1.80. The molecule has 1 aromatic heterocycles. The number of rotatable bonds is 5. The van der Waals surface area contributed by atoms with Gasteiger partial charge < -0.3 is 0 Å². The van der Waals surface area contributed by atoms with Crippen molar-refractivity contribution in [1.29, 1.82) is 0 Å². The van der Waals surface area contributed by atoms with Gasteiger partial charge >= 0.3 is 0 Å². The monoisotopic (exact) mass is 255 g/mol. The van der Waals surface area contributed by atoms with Gasteiger partial charge in [0.05, 0.1) is 5.70 Å². The first-order valence-electron chi connectivity index (χ1n) is 5.72. The topological polar surface area (TPSA) is 12.4 Å². The van der Waals surface area contributed by atoms with Crippen LogP contribution in [0.3, 0.4) is 0 Å². The molecule has 0 radical (unpaired) electrons. The van der Waals surface area contributed by atoms with Crippen LogP contribution >= 0.6 is 11.3 Å². The van der Waals surface area contributed by atoms with E-state index < -0.39 is 0 Å². The normalized spacial score (nSPS) is 11.1. The van der Waals surface area contributed by atoms with Crippen LogP contribution in [-0.4, -0.2) is 6.21 Å².